The van der Waals surface area contributed by atoms with Gasteiger partial charge in [0.1, 0.15) is 0 Å². The van der Waals surface area contributed by atoms with E-state index in [9.17, 15) is 18.0 Å². The first kappa shape index (κ1) is 11.8. The number of alkyl halides is 3. The van der Waals surface area contributed by atoms with Gasteiger partial charge in [-0.2, -0.15) is 13.2 Å². The number of hydrogen-bond donors (Lipinski definition) is 1. The second kappa shape index (κ2) is 3.73. The molecule has 0 saturated heterocycles. The van der Waals surface area contributed by atoms with Crippen LogP contribution in [0.4, 0.5) is 18.9 Å². The number of halogens is 4. The summed E-state index contributed by atoms with van der Waals surface area (Å²) in [4.78, 5) is 11.0. The van der Waals surface area contributed by atoms with Crippen LogP contribution >= 0.6 is 11.6 Å². The molecule has 0 aromatic heterocycles. The third-order valence-electron chi connectivity index (χ3n) is 1.82. The summed E-state index contributed by atoms with van der Waals surface area (Å²) in [6.45, 7) is 1.20. The van der Waals surface area contributed by atoms with E-state index in [0.29, 0.717) is 6.07 Å². The molecule has 0 aliphatic heterocycles. The number of rotatable bonds is 1. The maximum atomic E-state index is 12.3. The predicted octanol–water partition coefficient (Wildman–Crippen LogP) is 3.14. The molecule has 1 aromatic rings. The van der Waals surface area contributed by atoms with E-state index in [1.165, 1.54) is 6.92 Å². The van der Waals surface area contributed by atoms with Crippen LogP contribution in [-0.2, 0) is 6.18 Å². The molecular formula is C9H7ClF3NO. The summed E-state index contributed by atoms with van der Waals surface area (Å²) in [5, 5.41) is -0.526. The van der Waals surface area contributed by atoms with Crippen molar-refractivity contribution in [1.29, 1.82) is 0 Å². The van der Waals surface area contributed by atoms with Crippen LogP contribution in [0.15, 0.2) is 12.1 Å². The number of hydrogen-bond acceptors (Lipinski definition) is 2. The number of ketones is 1. The zero-order valence-electron chi connectivity index (χ0n) is 7.65. The quantitative estimate of drug-likeness (QED) is 0.602. The third-order valence-corrected chi connectivity index (χ3v) is 2.14. The van der Waals surface area contributed by atoms with Gasteiger partial charge in [0.15, 0.2) is 5.78 Å². The lowest BCUT2D eigenvalue weighted by atomic mass is 10.1. The van der Waals surface area contributed by atoms with Crippen LogP contribution < -0.4 is 5.73 Å². The first-order valence-electron chi connectivity index (χ1n) is 3.90. The fourth-order valence-electron chi connectivity index (χ4n) is 1.11. The first-order chi connectivity index (χ1) is 6.73. The van der Waals surface area contributed by atoms with Gasteiger partial charge in [-0.25, -0.2) is 0 Å². The molecule has 0 atom stereocenters. The summed E-state index contributed by atoms with van der Waals surface area (Å²) >= 11 is 5.40. The second-order valence-corrected chi connectivity index (χ2v) is 3.38. The molecule has 15 heavy (non-hydrogen) atoms. The molecule has 82 valence electrons. The van der Waals surface area contributed by atoms with Crippen molar-refractivity contribution < 1.29 is 18.0 Å². The van der Waals surface area contributed by atoms with Gasteiger partial charge in [-0.1, -0.05) is 11.6 Å². The predicted molar refractivity (Wildman–Crippen MR) is 50.9 cm³/mol. The van der Waals surface area contributed by atoms with Gasteiger partial charge in [0.25, 0.3) is 0 Å². The number of carbonyl (C=O) groups is 1. The Morgan fingerprint density at radius 2 is 1.93 bits per heavy atom. The topological polar surface area (TPSA) is 43.1 Å². The minimum absolute atomic E-state index is 0.00648. The van der Waals surface area contributed by atoms with E-state index >= 15 is 0 Å². The summed E-state index contributed by atoms with van der Waals surface area (Å²) in [5.41, 5.74) is 4.04. The number of anilines is 1. The van der Waals surface area contributed by atoms with E-state index in [4.69, 9.17) is 17.3 Å². The maximum absolute atomic E-state index is 12.3. The van der Waals surface area contributed by atoms with Crippen molar-refractivity contribution in [3.63, 3.8) is 0 Å². The average Bonchev–Trinajstić information content (AvgIpc) is 2.06. The highest BCUT2D eigenvalue weighted by atomic mass is 35.5. The average molecular weight is 238 g/mol. The molecule has 0 unspecified atom stereocenters. The zero-order valence-corrected chi connectivity index (χ0v) is 8.41. The molecule has 0 aliphatic rings. The van der Waals surface area contributed by atoms with Crippen LogP contribution in [0.25, 0.3) is 0 Å². The number of nitrogen functional groups attached to an aromatic ring is 1. The summed E-state index contributed by atoms with van der Waals surface area (Å²) in [6.07, 6.45) is -4.57. The Labute approximate surface area is 88.8 Å². The number of nitrogens with two attached hydrogens (primary N) is 1. The molecule has 0 heterocycles. The third kappa shape index (κ3) is 2.41. The van der Waals surface area contributed by atoms with Crippen LogP contribution in [-0.4, -0.2) is 5.78 Å². The molecule has 0 radical (unpaired) electrons. The molecule has 1 rings (SSSR count). The van der Waals surface area contributed by atoms with Gasteiger partial charge >= 0.3 is 6.18 Å². The standard InChI is InChI=1S/C9H7ClF3NO/c1-4(15)5-2-7(10)6(3-8(5)14)9(11,12)13/h2-3H,14H2,1H3. The van der Waals surface area contributed by atoms with Crippen molar-refractivity contribution >= 4 is 23.1 Å². The van der Waals surface area contributed by atoms with Crippen molar-refractivity contribution in [3.8, 4) is 0 Å². The van der Waals surface area contributed by atoms with Gasteiger partial charge in [0.05, 0.1) is 10.6 Å². The normalized spacial score (nSPS) is 11.5. The SMILES string of the molecule is CC(=O)c1cc(Cl)c(C(F)(F)F)cc1N. The molecule has 0 spiro atoms. The Kier molecular flexibility index (Phi) is 2.95. The lowest BCUT2D eigenvalue weighted by Gasteiger charge is -2.11. The summed E-state index contributed by atoms with van der Waals surface area (Å²) in [5.74, 6) is -0.428. The van der Waals surface area contributed by atoms with Crippen LogP contribution in [0.5, 0.6) is 0 Å². The molecule has 1 aromatic carbocycles. The highest BCUT2D eigenvalue weighted by Crippen LogP contribution is 2.37. The van der Waals surface area contributed by atoms with Gasteiger partial charge in [0, 0.05) is 11.3 Å². The highest BCUT2D eigenvalue weighted by Gasteiger charge is 2.34. The molecule has 0 fully saturated rings. The van der Waals surface area contributed by atoms with Crippen molar-refractivity contribution in [3.05, 3.63) is 28.3 Å². The lowest BCUT2D eigenvalue weighted by Crippen LogP contribution is -2.09. The Bertz CT molecular complexity index is 415. The van der Waals surface area contributed by atoms with E-state index in [2.05, 4.69) is 0 Å². The number of Topliss-reactive ketones (excluding diaryl/α,β-unsaturated/α-hetero) is 1. The molecule has 0 amide bonds. The van der Waals surface area contributed by atoms with Crippen molar-refractivity contribution in [2.75, 3.05) is 5.73 Å². The van der Waals surface area contributed by atoms with Crippen molar-refractivity contribution in [1.82, 2.24) is 0 Å². The maximum Gasteiger partial charge on any atom is 0.417 e. The summed E-state index contributed by atoms with van der Waals surface area (Å²) in [7, 11) is 0. The van der Waals surface area contributed by atoms with Crippen LogP contribution in [0.3, 0.4) is 0 Å². The zero-order chi connectivity index (χ0) is 11.8. The van der Waals surface area contributed by atoms with Gasteiger partial charge in [-0.15, -0.1) is 0 Å². The van der Waals surface area contributed by atoms with E-state index in [1.807, 2.05) is 0 Å². The molecule has 6 heteroatoms. The van der Waals surface area contributed by atoms with Crippen molar-refractivity contribution in [2.24, 2.45) is 0 Å². The number of carbonyl (C=O) groups excluding carboxylic acids is 1. The largest absolute Gasteiger partial charge is 0.417 e. The monoisotopic (exact) mass is 237 g/mol. The Morgan fingerprint density at radius 1 is 1.40 bits per heavy atom. The van der Waals surface area contributed by atoms with E-state index in [0.717, 1.165) is 6.07 Å². The minimum Gasteiger partial charge on any atom is -0.398 e. The molecule has 2 N–H and O–H groups in total. The van der Waals surface area contributed by atoms with Crippen LogP contribution in [0, 0.1) is 0 Å². The first-order valence-corrected chi connectivity index (χ1v) is 4.28. The van der Waals surface area contributed by atoms with Crippen LogP contribution in [0.2, 0.25) is 5.02 Å². The fourth-order valence-corrected chi connectivity index (χ4v) is 1.38. The summed E-state index contributed by atoms with van der Waals surface area (Å²) in [6, 6.07) is 1.60. The van der Waals surface area contributed by atoms with Gasteiger partial charge in [0.2, 0.25) is 0 Å². The Morgan fingerprint density at radius 3 is 2.33 bits per heavy atom. The fraction of sp³-hybridized carbons (Fsp3) is 0.222. The molecule has 2 nitrogen and oxygen atoms in total. The van der Waals surface area contributed by atoms with Gasteiger partial charge < -0.3 is 5.73 Å². The van der Waals surface area contributed by atoms with E-state index in [-0.39, 0.29) is 11.3 Å². The van der Waals surface area contributed by atoms with Gasteiger partial charge in [-0.3, -0.25) is 4.79 Å². The molecular weight excluding hydrogens is 231 g/mol. The number of benzene rings is 1. The lowest BCUT2D eigenvalue weighted by molar-refractivity contribution is -0.137. The second-order valence-electron chi connectivity index (χ2n) is 2.97. The smallest absolute Gasteiger partial charge is 0.398 e. The molecule has 0 saturated carbocycles. The Balaban J connectivity index is 3.39. The molecule has 0 aliphatic carbocycles. The Hall–Kier alpha value is -1.23. The van der Waals surface area contributed by atoms with Crippen molar-refractivity contribution in [2.45, 2.75) is 13.1 Å². The van der Waals surface area contributed by atoms with E-state index < -0.39 is 22.5 Å². The molecule has 0 bridgehead atoms. The summed E-state index contributed by atoms with van der Waals surface area (Å²) < 4.78 is 37.0. The minimum atomic E-state index is -4.57. The van der Waals surface area contributed by atoms with Crippen LogP contribution in [0.1, 0.15) is 22.8 Å². The van der Waals surface area contributed by atoms with Gasteiger partial charge in [-0.05, 0) is 19.1 Å². The highest BCUT2D eigenvalue weighted by molar-refractivity contribution is 6.32. The van der Waals surface area contributed by atoms with E-state index in [1.54, 1.807) is 0 Å².